The lowest BCUT2D eigenvalue weighted by molar-refractivity contribution is 0.0995. The predicted octanol–water partition coefficient (Wildman–Crippen LogP) is 2.96. The Morgan fingerprint density at radius 3 is 2.27 bits per heavy atom. The smallest absolute Gasteiger partial charge is 0.240 e. The van der Waals surface area contributed by atoms with Crippen molar-refractivity contribution in [1.29, 1.82) is 0 Å². The van der Waals surface area contributed by atoms with Gasteiger partial charge in [0.25, 0.3) is 0 Å². The maximum absolute atomic E-state index is 12.2. The molecule has 0 aromatic heterocycles. The molecule has 0 saturated carbocycles. The number of alkyl halides is 1. The molecule has 0 saturated heterocycles. The fourth-order valence-electron chi connectivity index (χ4n) is 1.86. The molecule has 0 aliphatic heterocycles. The minimum atomic E-state index is -3.59. The largest absolute Gasteiger partial charge is 0.293 e. The van der Waals surface area contributed by atoms with Crippen molar-refractivity contribution < 1.29 is 13.2 Å². The number of nitrogens with one attached hydrogen (secondary N) is 1. The first-order chi connectivity index (χ1) is 10.4. The highest BCUT2D eigenvalue weighted by molar-refractivity contribution is 14.1. The van der Waals surface area contributed by atoms with E-state index in [1.807, 2.05) is 35.6 Å². The van der Waals surface area contributed by atoms with Crippen LogP contribution in [0, 0.1) is 6.92 Å². The average Bonchev–Trinajstić information content (AvgIpc) is 2.53. The average molecular weight is 429 g/mol. The van der Waals surface area contributed by atoms with E-state index < -0.39 is 13.9 Å². The van der Waals surface area contributed by atoms with Gasteiger partial charge < -0.3 is 0 Å². The van der Waals surface area contributed by atoms with E-state index in [0.717, 1.165) is 5.56 Å². The predicted molar refractivity (Wildman–Crippen MR) is 94.9 cm³/mol. The Bertz CT molecular complexity index is 743. The van der Waals surface area contributed by atoms with Crippen molar-refractivity contribution in [3.8, 4) is 0 Å². The zero-order valence-corrected chi connectivity index (χ0v) is 15.0. The molecular formula is C16H16INO3S. The van der Waals surface area contributed by atoms with E-state index in [4.69, 9.17) is 0 Å². The number of sulfonamides is 1. The standard InChI is InChI=1S/C16H16INO3S/c1-12-7-9-14(10-8-12)22(20,21)18-11-15(17)16(19)13-5-3-2-4-6-13/h2-10,15,18H,11H2,1H3/t15-/m1/s1. The van der Waals surface area contributed by atoms with E-state index >= 15 is 0 Å². The van der Waals surface area contributed by atoms with E-state index in [2.05, 4.69) is 4.72 Å². The highest BCUT2D eigenvalue weighted by Gasteiger charge is 2.20. The van der Waals surface area contributed by atoms with Crippen LogP contribution in [0.1, 0.15) is 15.9 Å². The van der Waals surface area contributed by atoms with Crippen LogP contribution < -0.4 is 4.72 Å². The molecule has 0 aliphatic rings. The van der Waals surface area contributed by atoms with Gasteiger partial charge in [0.1, 0.15) is 0 Å². The zero-order valence-electron chi connectivity index (χ0n) is 12.0. The zero-order chi connectivity index (χ0) is 16.2. The quantitative estimate of drug-likeness (QED) is 0.437. The minimum Gasteiger partial charge on any atom is -0.293 e. The van der Waals surface area contributed by atoms with Gasteiger partial charge in [0.15, 0.2) is 5.78 Å². The molecule has 1 atom stereocenters. The van der Waals surface area contributed by atoms with Crippen LogP contribution in [0.4, 0.5) is 0 Å². The Balaban J connectivity index is 2.02. The lowest BCUT2D eigenvalue weighted by Gasteiger charge is -2.11. The Hall–Kier alpha value is -1.25. The number of halogens is 1. The van der Waals surface area contributed by atoms with Crippen molar-refractivity contribution >= 4 is 38.4 Å². The number of hydrogen-bond donors (Lipinski definition) is 1. The van der Waals surface area contributed by atoms with Gasteiger partial charge in [-0.05, 0) is 19.1 Å². The maximum atomic E-state index is 12.2. The van der Waals surface area contributed by atoms with E-state index in [1.165, 1.54) is 0 Å². The second kappa shape index (κ2) is 7.34. The lowest BCUT2D eigenvalue weighted by atomic mass is 10.1. The van der Waals surface area contributed by atoms with Gasteiger partial charge in [-0.1, -0.05) is 70.6 Å². The molecular weight excluding hydrogens is 413 g/mol. The summed E-state index contributed by atoms with van der Waals surface area (Å²) in [6, 6.07) is 15.4. The molecule has 0 heterocycles. The number of carbonyl (C=O) groups is 1. The Morgan fingerprint density at radius 2 is 1.68 bits per heavy atom. The summed E-state index contributed by atoms with van der Waals surface area (Å²) in [7, 11) is -3.59. The van der Waals surface area contributed by atoms with Crippen molar-refractivity contribution in [2.75, 3.05) is 6.54 Å². The fraction of sp³-hybridized carbons (Fsp3) is 0.188. The first-order valence-corrected chi connectivity index (χ1v) is 9.43. The second-order valence-corrected chi connectivity index (χ2v) is 8.13. The number of aryl methyl sites for hydroxylation is 1. The molecule has 0 aliphatic carbocycles. The molecule has 116 valence electrons. The van der Waals surface area contributed by atoms with Crippen LogP contribution in [0.3, 0.4) is 0 Å². The SMILES string of the molecule is Cc1ccc(S(=O)(=O)NC[C@@H](I)C(=O)c2ccccc2)cc1. The summed E-state index contributed by atoms with van der Waals surface area (Å²) < 4.78 is 26.4. The number of Topliss-reactive ketones (excluding diaryl/α,β-unsaturated/α-hetero) is 1. The summed E-state index contributed by atoms with van der Waals surface area (Å²) in [6.07, 6.45) is 0. The number of ketones is 1. The number of carbonyl (C=O) groups excluding carboxylic acids is 1. The summed E-state index contributed by atoms with van der Waals surface area (Å²) in [5, 5.41) is 0. The maximum Gasteiger partial charge on any atom is 0.240 e. The fourth-order valence-corrected chi connectivity index (χ4v) is 3.79. The van der Waals surface area contributed by atoms with Gasteiger partial charge >= 0.3 is 0 Å². The van der Waals surface area contributed by atoms with Crippen molar-refractivity contribution in [3.63, 3.8) is 0 Å². The molecule has 0 unspecified atom stereocenters. The van der Waals surface area contributed by atoms with E-state index in [-0.39, 0.29) is 17.2 Å². The van der Waals surface area contributed by atoms with Gasteiger partial charge in [-0.2, -0.15) is 0 Å². The second-order valence-electron chi connectivity index (χ2n) is 4.86. The van der Waals surface area contributed by atoms with Crippen molar-refractivity contribution in [1.82, 2.24) is 4.72 Å². The molecule has 22 heavy (non-hydrogen) atoms. The van der Waals surface area contributed by atoms with Crippen LogP contribution >= 0.6 is 22.6 Å². The van der Waals surface area contributed by atoms with Crippen molar-refractivity contribution in [2.24, 2.45) is 0 Å². The highest BCUT2D eigenvalue weighted by Crippen LogP contribution is 2.13. The molecule has 0 spiro atoms. The highest BCUT2D eigenvalue weighted by atomic mass is 127. The van der Waals surface area contributed by atoms with Crippen molar-refractivity contribution in [3.05, 3.63) is 65.7 Å². The van der Waals surface area contributed by atoms with E-state index in [1.54, 1.807) is 48.5 Å². The van der Waals surface area contributed by atoms with Crippen molar-refractivity contribution in [2.45, 2.75) is 15.7 Å². The van der Waals surface area contributed by atoms with E-state index in [9.17, 15) is 13.2 Å². The van der Waals surface area contributed by atoms with Crippen LogP contribution in [-0.4, -0.2) is 24.7 Å². The lowest BCUT2D eigenvalue weighted by Crippen LogP contribution is -2.33. The molecule has 0 amide bonds. The summed E-state index contributed by atoms with van der Waals surface area (Å²) in [6.45, 7) is 1.95. The van der Waals surface area contributed by atoms with Gasteiger partial charge in [-0.3, -0.25) is 4.79 Å². The topological polar surface area (TPSA) is 63.2 Å². The molecule has 4 nitrogen and oxygen atoms in total. The number of hydrogen-bond acceptors (Lipinski definition) is 3. The Labute approximate surface area is 144 Å². The molecule has 0 fully saturated rings. The number of rotatable bonds is 6. The molecule has 2 aromatic carbocycles. The third-order valence-corrected chi connectivity index (χ3v) is 5.57. The van der Waals surface area contributed by atoms with Crippen LogP contribution in [0.5, 0.6) is 0 Å². The summed E-state index contributed by atoms with van der Waals surface area (Å²) in [5.41, 5.74) is 1.57. The molecule has 1 N–H and O–H groups in total. The summed E-state index contributed by atoms with van der Waals surface area (Å²) >= 11 is 1.96. The van der Waals surface area contributed by atoms with Gasteiger partial charge in [-0.15, -0.1) is 0 Å². The summed E-state index contributed by atoms with van der Waals surface area (Å²) in [5.74, 6) is -0.0900. The van der Waals surface area contributed by atoms with Crippen LogP contribution in [0.25, 0.3) is 0 Å². The van der Waals surface area contributed by atoms with Gasteiger partial charge in [0, 0.05) is 12.1 Å². The third kappa shape index (κ3) is 4.37. The van der Waals surface area contributed by atoms with Crippen LogP contribution in [0.15, 0.2) is 59.5 Å². The molecule has 0 bridgehead atoms. The molecule has 2 rings (SSSR count). The van der Waals surface area contributed by atoms with Gasteiger partial charge in [0.05, 0.1) is 8.82 Å². The van der Waals surface area contributed by atoms with E-state index in [0.29, 0.717) is 5.56 Å². The van der Waals surface area contributed by atoms with Gasteiger partial charge in [-0.25, -0.2) is 13.1 Å². The normalized spacial score (nSPS) is 12.8. The molecule has 0 radical (unpaired) electrons. The Kier molecular flexibility index (Phi) is 5.71. The third-order valence-electron chi connectivity index (χ3n) is 3.13. The first-order valence-electron chi connectivity index (χ1n) is 6.70. The Morgan fingerprint density at radius 1 is 1.09 bits per heavy atom. The van der Waals surface area contributed by atoms with Gasteiger partial charge in [0.2, 0.25) is 10.0 Å². The minimum absolute atomic E-state index is 0.0600. The summed E-state index contributed by atoms with van der Waals surface area (Å²) in [4.78, 5) is 12.4. The van der Waals surface area contributed by atoms with Crippen LogP contribution in [-0.2, 0) is 10.0 Å². The first kappa shape index (κ1) is 17.1. The monoisotopic (exact) mass is 429 g/mol. The molecule has 6 heteroatoms. The molecule has 2 aromatic rings. The van der Waals surface area contributed by atoms with Crippen LogP contribution in [0.2, 0.25) is 0 Å². The number of benzene rings is 2.